The summed E-state index contributed by atoms with van der Waals surface area (Å²) in [6.07, 6.45) is 6.36. The van der Waals surface area contributed by atoms with Crippen molar-refractivity contribution in [3.05, 3.63) is 21.0 Å². The van der Waals surface area contributed by atoms with Crippen LogP contribution in [0.4, 0.5) is 5.69 Å². The minimum Gasteiger partial charge on any atom is -0.380 e. The van der Waals surface area contributed by atoms with Gasteiger partial charge in [0.1, 0.15) is 4.47 Å². The fourth-order valence-electron chi connectivity index (χ4n) is 1.99. The van der Waals surface area contributed by atoms with Crippen LogP contribution < -0.4 is 10.9 Å². The summed E-state index contributed by atoms with van der Waals surface area (Å²) >= 11 is 3.39. The van der Waals surface area contributed by atoms with Crippen molar-refractivity contribution in [2.24, 2.45) is 5.92 Å². The van der Waals surface area contributed by atoms with Crippen LogP contribution in [0.15, 0.2) is 15.5 Å². The van der Waals surface area contributed by atoms with Gasteiger partial charge >= 0.3 is 0 Å². The van der Waals surface area contributed by atoms with Gasteiger partial charge in [-0.05, 0) is 48.0 Å². The highest BCUT2D eigenvalue weighted by Crippen LogP contribution is 2.34. The molecule has 0 aromatic carbocycles. The summed E-state index contributed by atoms with van der Waals surface area (Å²) in [6, 6.07) is 0.411. The lowest BCUT2D eigenvalue weighted by molar-refractivity contribution is 0.540. The van der Waals surface area contributed by atoms with Gasteiger partial charge in [-0.3, -0.25) is 4.79 Å². The van der Waals surface area contributed by atoms with E-state index in [0.717, 1.165) is 24.4 Å². The van der Waals surface area contributed by atoms with E-state index < -0.39 is 0 Å². The Morgan fingerprint density at radius 1 is 1.61 bits per heavy atom. The molecule has 1 unspecified atom stereocenters. The second kappa shape index (κ2) is 5.87. The number of rotatable bonds is 6. The molecule has 5 heteroatoms. The Morgan fingerprint density at radius 2 is 2.33 bits per heavy atom. The molecule has 4 nitrogen and oxygen atoms in total. The number of unbranched alkanes of at least 4 members (excludes halogenated alkanes) is 1. The first-order valence-corrected chi connectivity index (χ1v) is 7.45. The van der Waals surface area contributed by atoms with Gasteiger partial charge in [0.25, 0.3) is 5.56 Å². The Balaban J connectivity index is 2.12. The Bertz CT molecular complexity index is 468. The van der Waals surface area contributed by atoms with Crippen LogP contribution >= 0.6 is 15.9 Å². The predicted molar refractivity (Wildman–Crippen MR) is 76.9 cm³/mol. The maximum Gasteiger partial charge on any atom is 0.283 e. The second-order valence-electron chi connectivity index (χ2n) is 5.02. The smallest absolute Gasteiger partial charge is 0.283 e. The van der Waals surface area contributed by atoms with Gasteiger partial charge in [0.2, 0.25) is 0 Å². The van der Waals surface area contributed by atoms with E-state index in [0.29, 0.717) is 17.1 Å². The summed E-state index contributed by atoms with van der Waals surface area (Å²) in [5.41, 5.74) is 0.767. The van der Waals surface area contributed by atoms with Gasteiger partial charge in [-0.1, -0.05) is 13.3 Å². The molecule has 0 saturated heterocycles. The zero-order valence-electron chi connectivity index (χ0n) is 10.9. The molecule has 1 aliphatic carbocycles. The molecule has 0 radical (unpaired) electrons. The van der Waals surface area contributed by atoms with Crippen molar-refractivity contribution < 1.29 is 0 Å². The van der Waals surface area contributed by atoms with Gasteiger partial charge < -0.3 is 5.32 Å². The summed E-state index contributed by atoms with van der Waals surface area (Å²) in [4.78, 5) is 12.1. The maximum atomic E-state index is 12.1. The molecule has 1 aromatic rings. The molecule has 2 rings (SSSR count). The third-order valence-corrected chi connectivity index (χ3v) is 4.19. The summed E-state index contributed by atoms with van der Waals surface area (Å²) in [6.45, 7) is 4.95. The average Bonchev–Trinajstić information content (AvgIpc) is 3.18. The number of aryl methyl sites for hydroxylation is 1. The fourth-order valence-corrected chi connectivity index (χ4v) is 2.41. The molecular weight excluding hydrogens is 294 g/mol. The fraction of sp³-hybridized carbons (Fsp3) is 0.692. The molecule has 0 aliphatic heterocycles. The van der Waals surface area contributed by atoms with Crippen LogP contribution in [0, 0.1) is 5.92 Å². The second-order valence-corrected chi connectivity index (χ2v) is 5.82. The molecule has 18 heavy (non-hydrogen) atoms. The van der Waals surface area contributed by atoms with E-state index in [1.807, 2.05) is 0 Å². The van der Waals surface area contributed by atoms with Crippen molar-refractivity contribution in [3.63, 3.8) is 0 Å². The van der Waals surface area contributed by atoms with Crippen molar-refractivity contribution in [3.8, 4) is 0 Å². The zero-order chi connectivity index (χ0) is 13.1. The Kier molecular flexibility index (Phi) is 4.43. The quantitative estimate of drug-likeness (QED) is 0.878. The van der Waals surface area contributed by atoms with E-state index >= 15 is 0 Å². The van der Waals surface area contributed by atoms with Crippen molar-refractivity contribution in [1.82, 2.24) is 9.78 Å². The molecular formula is C13H20BrN3O. The van der Waals surface area contributed by atoms with Gasteiger partial charge in [0.15, 0.2) is 0 Å². The third-order valence-electron chi connectivity index (χ3n) is 3.42. The monoisotopic (exact) mass is 313 g/mol. The van der Waals surface area contributed by atoms with Crippen LogP contribution in [0.1, 0.15) is 39.5 Å². The SMILES string of the molecule is CCCCn1ncc(NC(C)C2CC2)c(Br)c1=O. The summed E-state index contributed by atoms with van der Waals surface area (Å²) in [5, 5.41) is 7.59. The van der Waals surface area contributed by atoms with Crippen molar-refractivity contribution >= 4 is 21.6 Å². The van der Waals surface area contributed by atoms with Gasteiger partial charge in [0, 0.05) is 12.6 Å². The molecule has 0 bridgehead atoms. The van der Waals surface area contributed by atoms with E-state index in [4.69, 9.17) is 0 Å². The van der Waals surface area contributed by atoms with E-state index in [2.05, 4.69) is 40.2 Å². The van der Waals surface area contributed by atoms with Crippen LogP contribution in [-0.4, -0.2) is 15.8 Å². The lowest BCUT2D eigenvalue weighted by atomic mass is 10.2. The molecule has 0 spiro atoms. The first-order valence-electron chi connectivity index (χ1n) is 6.65. The standard InChI is InChI=1S/C13H20BrN3O/c1-3-4-7-17-13(18)12(14)11(8-15-17)16-9(2)10-5-6-10/h8-10,16H,3-7H2,1-2H3. The zero-order valence-corrected chi connectivity index (χ0v) is 12.5. The Morgan fingerprint density at radius 3 is 2.94 bits per heavy atom. The number of nitrogens with one attached hydrogen (secondary N) is 1. The molecule has 1 atom stereocenters. The minimum absolute atomic E-state index is 0.0450. The summed E-state index contributed by atoms with van der Waals surface area (Å²) in [7, 11) is 0. The highest BCUT2D eigenvalue weighted by molar-refractivity contribution is 9.10. The van der Waals surface area contributed by atoms with Crippen molar-refractivity contribution in [2.75, 3.05) is 5.32 Å². The Hall–Kier alpha value is -0.840. The van der Waals surface area contributed by atoms with Gasteiger partial charge in [-0.25, -0.2) is 4.68 Å². The lowest BCUT2D eigenvalue weighted by Crippen LogP contribution is -2.26. The number of hydrogen-bond donors (Lipinski definition) is 1. The lowest BCUT2D eigenvalue weighted by Gasteiger charge is -2.15. The average molecular weight is 314 g/mol. The van der Waals surface area contributed by atoms with E-state index in [1.54, 1.807) is 6.20 Å². The van der Waals surface area contributed by atoms with Crippen molar-refractivity contribution in [1.29, 1.82) is 0 Å². The number of nitrogens with zero attached hydrogens (tertiary/aromatic N) is 2. The number of hydrogen-bond acceptors (Lipinski definition) is 3. The highest BCUT2D eigenvalue weighted by atomic mass is 79.9. The number of halogens is 1. The molecule has 1 fully saturated rings. The minimum atomic E-state index is -0.0450. The van der Waals surface area contributed by atoms with E-state index in [9.17, 15) is 4.79 Å². The molecule has 1 aromatic heterocycles. The number of anilines is 1. The van der Waals surface area contributed by atoms with E-state index in [-0.39, 0.29) is 5.56 Å². The van der Waals surface area contributed by atoms with Gasteiger partial charge in [-0.2, -0.15) is 5.10 Å². The topological polar surface area (TPSA) is 46.9 Å². The largest absolute Gasteiger partial charge is 0.380 e. The Labute approximate surface area is 116 Å². The first kappa shape index (κ1) is 13.6. The van der Waals surface area contributed by atoms with E-state index in [1.165, 1.54) is 17.5 Å². The van der Waals surface area contributed by atoms with Crippen LogP contribution in [-0.2, 0) is 6.54 Å². The van der Waals surface area contributed by atoms with Gasteiger partial charge in [-0.15, -0.1) is 0 Å². The summed E-state index contributed by atoms with van der Waals surface area (Å²) in [5.74, 6) is 0.749. The van der Waals surface area contributed by atoms with Crippen LogP contribution in [0.3, 0.4) is 0 Å². The molecule has 1 heterocycles. The predicted octanol–water partition coefficient (Wildman–Crippen LogP) is 3.02. The number of aromatic nitrogens is 2. The summed E-state index contributed by atoms with van der Waals surface area (Å²) < 4.78 is 2.13. The van der Waals surface area contributed by atoms with Crippen LogP contribution in [0.25, 0.3) is 0 Å². The highest BCUT2D eigenvalue weighted by Gasteiger charge is 2.28. The van der Waals surface area contributed by atoms with Crippen LogP contribution in [0.2, 0.25) is 0 Å². The van der Waals surface area contributed by atoms with Crippen LogP contribution in [0.5, 0.6) is 0 Å². The molecule has 0 amide bonds. The third kappa shape index (κ3) is 3.13. The first-order chi connectivity index (χ1) is 8.63. The molecule has 1 N–H and O–H groups in total. The van der Waals surface area contributed by atoms with Crippen molar-refractivity contribution in [2.45, 2.75) is 52.1 Å². The molecule has 1 aliphatic rings. The maximum absolute atomic E-state index is 12.1. The van der Waals surface area contributed by atoms with Gasteiger partial charge in [0.05, 0.1) is 11.9 Å². The normalized spacial score (nSPS) is 16.6. The molecule has 1 saturated carbocycles. The molecule has 100 valence electrons.